The molecule has 0 saturated heterocycles. The zero-order valence-electron chi connectivity index (χ0n) is 11.7. The van der Waals surface area contributed by atoms with E-state index in [9.17, 15) is 9.50 Å². The zero-order valence-corrected chi connectivity index (χ0v) is 11.7. The summed E-state index contributed by atoms with van der Waals surface area (Å²) in [4.78, 5) is 1.95. The van der Waals surface area contributed by atoms with Crippen molar-refractivity contribution in [2.24, 2.45) is 5.73 Å². The Balaban J connectivity index is 2.92. The predicted octanol–water partition coefficient (Wildman–Crippen LogP) is 1.70. The molecule has 0 aliphatic carbocycles. The van der Waals surface area contributed by atoms with Crippen molar-refractivity contribution in [1.29, 1.82) is 5.41 Å². The van der Waals surface area contributed by atoms with Crippen LogP contribution in [0.25, 0.3) is 0 Å². The molecule has 0 saturated carbocycles. The molecule has 0 aliphatic heterocycles. The van der Waals surface area contributed by atoms with E-state index in [0.717, 1.165) is 0 Å². The number of nitrogens with zero attached hydrogens (tertiary/aromatic N) is 1. The first-order chi connectivity index (χ1) is 8.74. The molecule has 1 aromatic rings. The largest absolute Gasteiger partial charge is 0.389 e. The average Bonchev–Trinajstić information content (AvgIpc) is 2.28. The molecular formula is C14H22FN3O. The van der Waals surface area contributed by atoms with Gasteiger partial charge in [0.2, 0.25) is 0 Å². The summed E-state index contributed by atoms with van der Waals surface area (Å²) in [6.45, 7) is 6.93. The number of nitrogen functional groups attached to an aromatic ring is 1. The molecule has 0 aliphatic rings. The van der Waals surface area contributed by atoms with Crippen molar-refractivity contribution in [3.05, 3.63) is 35.1 Å². The van der Waals surface area contributed by atoms with Crippen molar-refractivity contribution < 1.29 is 9.50 Å². The molecule has 19 heavy (non-hydrogen) atoms. The Bertz CT molecular complexity index is 454. The van der Waals surface area contributed by atoms with Gasteiger partial charge in [-0.2, -0.15) is 0 Å². The Kier molecular flexibility index (Phi) is 5.03. The van der Waals surface area contributed by atoms with Crippen LogP contribution in [0.3, 0.4) is 0 Å². The van der Waals surface area contributed by atoms with Crippen LogP contribution in [0.2, 0.25) is 0 Å². The summed E-state index contributed by atoms with van der Waals surface area (Å²) in [5, 5.41) is 17.1. The first kappa shape index (κ1) is 15.6. The standard InChI is InChI=1S/C14H22FN3O/c1-4-18(9-14(2,3)19)8-10-6-5-7-11(12(10)15)13(16)17/h5-7,19H,4,8-9H2,1-3H3,(H3,16,17). The second kappa shape index (κ2) is 6.12. The van der Waals surface area contributed by atoms with Crippen LogP contribution in [-0.2, 0) is 6.54 Å². The van der Waals surface area contributed by atoms with E-state index in [1.165, 1.54) is 6.07 Å². The lowest BCUT2D eigenvalue weighted by Crippen LogP contribution is -2.38. The van der Waals surface area contributed by atoms with Gasteiger partial charge in [0.05, 0.1) is 11.2 Å². The molecule has 0 aromatic heterocycles. The van der Waals surface area contributed by atoms with E-state index in [1.54, 1.807) is 26.0 Å². The minimum Gasteiger partial charge on any atom is -0.389 e. The third-order valence-electron chi connectivity index (χ3n) is 2.82. The molecule has 0 amide bonds. The van der Waals surface area contributed by atoms with Gasteiger partial charge in [-0.05, 0) is 26.5 Å². The maximum absolute atomic E-state index is 14.1. The van der Waals surface area contributed by atoms with E-state index in [4.69, 9.17) is 11.1 Å². The maximum Gasteiger partial charge on any atom is 0.138 e. The summed E-state index contributed by atoms with van der Waals surface area (Å²) < 4.78 is 14.1. The fourth-order valence-electron chi connectivity index (χ4n) is 1.98. The minimum atomic E-state index is -0.829. The van der Waals surface area contributed by atoms with Crippen molar-refractivity contribution in [2.45, 2.75) is 32.9 Å². The number of benzene rings is 1. The molecule has 1 aromatic carbocycles. The number of nitrogens with two attached hydrogens (primary N) is 1. The quantitative estimate of drug-likeness (QED) is 0.542. The van der Waals surface area contributed by atoms with E-state index in [2.05, 4.69) is 0 Å². The molecule has 0 heterocycles. The number of hydrogen-bond acceptors (Lipinski definition) is 3. The molecule has 106 valence electrons. The number of rotatable bonds is 6. The van der Waals surface area contributed by atoms with Gasteiger partial charge in [0.25, 0.3) is 0 Å². The first-order valence-corrected chi connectivity index (χ1v) is 6.31. The molecule has 0 unspecified atom stereocenters. The van der Waals surface area contributed by atoms with Crippen LogP contribution in [0.1, 0.15) is 31.9 Å². The number of halogens is 1. The summed E-state index contributed by atoms with van der Waals surface area (Å²) in [6.07, 6.45) is 0. The Labute approximate surface area is 113 Å². The summed E-state index contributed by atoms with van der Waals surface area (Å²) in [6, 6.07) is 4.86. The summed E-state index contributed by atoms with van der Waals surface area (Å²) >= 11 is 0. The van der Waals surface area contributed by atoms with Crippen LogP contribution in [-0.4, -0.2) is 34.5 Å². The SMILES string of the molecule is CCN(Cc1cccc(C(=N)N)c1F)CC(C)(C)O. The summed E-state index contributed by atoms with van der Waals surface area (Å²) in [5.74, 6) is -0.728. The highest BCUT2D eigenvalue weighted by atomic mass is 19.1. The third kappa shape index (κ3) is 4.61. The van der Waals surface area contributed by atoms with Crippen molar-refractivity contribution in [2.75, 3.05) is 13.1 Å². The summed E-state index contributed by atoms with van der Waals surface area (Å²) in [7, 11) is 0. The molecular weight excluding hydrogens is 245 g/mol. The van der Waals surface area contributed by atoms with E-state index >= 15 is 0 Å². The molecule has 0 fully saturated rings. The summed E-state index contributed by atoms with van der Waals surface area (Å²) in [5.41, 5.74) is 5.12. The fraction of sp³-hybridized carbons (Fsp3) is 0.500. The minimum absolute atomic E-state index is 0.122. The topological polar surface area (TPSA) is 73.3 Å². The van der Waals surface area contributed by atoms with Crippen molar-refractivity contribution in [3.63, 3.8) is 0 Å². The van der Waals surface area contributed by atoms with Crippen LogP contribution < -0.4 is 5.73 Å². The monoisotopic (exact) mass is 267 g/mol. The van der Waals surface area contributed by atoms with Crippen LogP contribution in [0.15, 0.2) is 18.2 Å². The molecule has 4 nitrogen and oxygen atoms in total. The molecule has 0 atom stereocenters. The lowest BCUT2D eigenvalue weighted by molar-refractivity contribution is 0.0350. The van der Waals surface area contributed by atoms with Gasteiger partial charge >= 0.3 is 0 Å². The first-order valence-electron chi connectivity index (χ1n) is 6.31. The van der Waals surface area contributed by atoms with Crippen LogP contribution in [0, 0.1) is 11.2 Å². The van der Waals surface area contributed by atoms with Gasteiger partial charge in [0.15, 0.2) is 0 Å². The van der Waals surface area contributed by atoms with E-state index in [0.29, 0.717) is 25.2 Å². The van der Waals surface area contributed by atoms with E-state index in [-0.39, 0.29) is 11.4 Å². The lowest BCUT2D eigenvalue weighted by atomic mass is 10.1. The van der Waals surface area contributed by atoms with Crippen molar-refractivity contribution >= 4 is 5.84 Å². The second-order valence-corrected chi connectivity index (χ2v) is 5.31. The lowest BCUT2D eigenvalue weighted by Gasteiger charge is -2.28. The van der Waals surface area contributed by atoms with Crippen LogP contribution in [0.5, 0.6) is 0 Å². The molecule has 5 heteroatoms. The molecule has 0 radical (unpaired) electrons. The van der Waals surface area contributed by atoms with Gasteiger partial charge < -0.3 is 10.8 Å². The normalized spacial score (nSPS) is 11.9. The molecule has 4 N–H and O–H groups in total. The van der Waals surface area contributed by atoms with Gasteiger partial charge in [0.1, 0.15) is 11.7 Å². The van der Waals surface area contributed by atoms with Gasteiger partial charge in [-0.1, -0.05) is 19.1 Å². The van der Waals surface area contributed by atoms with Gasteiger partial charge in [-0.15, -0.1) is 0 Å². The number of nitrogens with one attached hydrogen (secondary N) is 1. The van der Waals surface area contributed by atoms with Crippen LogP contribution >= 0.6 is 0 Å². The second-order valence-electron chi connectivity index (χ2n) is 5.31. The van der Waals surface area contributed by atoms with E-state index < -0.39 is 11.4 Å². The van der Waals surface area contributed by atoms with Crippen molar-refractivity contribution in [3.8, 4) is 0 Å². The number of amidine groups is 1. The predicted molar refractivity (Wildman–Crippen MR) is 74.7 cm³/mol. The Morgan fingerprint density at radius 3 is 2.58 bits per heavy atom. The Hall–Kier alpha value is -1.46. The number of hydrogen-bond donors (Lipinski definition) is 3. The smallest absolute Gasteiger partial charge is 0.138 e. The van der Waals surface area contributed by atoms with Gasteiger partial charge in [-0.25, -0.2) is 4.39 Å². The molecule has 0 bridgehead atoms. The van der Waals surface area contributed by atoms with Crippen molar-refractivity contribution in [1.82, 2.24) is 4.90 Å². The Morgan fingerprint density at radius 1 is 1.47 bits per heavy atom. The molecule has 1 rings (SSSR count). The zero-order chi connectivity index (χ0) is 14.6. The Morgan fingerprint density at radius 2 is 2.11 bits per heavy atom. The van der Waals surface area contributed by atoms with Gasteiger partial charge in [-0.3, -0.25) is 10.3 Å². The van der Waals surface area contributed by atoms with Crippen LogP contribution in [0.4, 0.5) is 4.39 Å². The molecule has 0 spiro atoms. The number of aliphatic hydroxyl groups is 1. The van der Waals surface area contributed by atoms with E-state index in [1.807, 2.05) is 11.8 Å². The highest BCUT2D eigenvalue weighted by Crippen LogP contribution is 2.16. The highest BCUT2D eigenvalue weighted by Gasteiger charge is 2.19. The number of likely N-dealkylation sites (N-methyl/N-ethyl adjacent to an activating group) is 1. The average molecular weight is 267 g/mol. The third-order valence-corrected chi connectivity index (χ3v) is 2.82. The maximum atomic E-state index is 14.1. The van der Waals surface area contributed by atoms with Gasteiger partial charge in [0, 0.05) is 18.7 Å². The highest BCUT2D eigenvalue weighted by molar-refractivity contribution is 5.95. The fourth-order valence-corrected chi connectivity index (χ4v) is 1.98.